The van der Waals surface area contributed by atoms with Crippen molar-refractivity contribution in [3.8, 4) is 17.2 Å². The largest absolute Gasteiger partial charge is 0.497 e. The molecule has 1 saturated carbocycles. The molecule has 26 heavy (non-hydrogen) atoms. The van der Waals surface area contributed by atoms with Crippen molar-refractivity contribution in [1.82, 2.24) is 9.88 Å². The van der Waals surface area contributed by atoms with Gasteiger partial charge in [0.2, 0.25) is 5.89 Å². The van der Waals surface area contributed by atoms with E-state index in [2.05, 4.69) is 9.88 Å². The monoisotopic (exact) mass is 352 g/mol. The maximum atomic E-state index is 14.0. The Bertz CT molecular complexity index is 872. The second kappa shape index (κ2) is 7.30. The van der Waals surface area contributed by atoms with E-state index >= 15 is 0 Å². The van der Waals surface area contributed by atoms with E-state index in [9.17, 15) is 4.39 Å². The molecule has 0 aliphatic heterocycles. The van der Waals surface area contributed by atoms with E-state index in [0.29, 0.717) is 25.0 Å². The van der Waals surface area contributed by atoms with Gasteiger partial charge in [-0.05, 0) is 43.2 Å². The molecular weight excluding hydrogens is 331 g/mol. The highest BCUT2D eigenvalue weighted by atomic mass is 19.1. The molecule has 0 radical (unpaired) electrons. The van der Waals surface area contributed by atoms with Crippen molar-refractivity contribution >= 4 is 0 Å². The number of oxazole rings is 1. The van der Waals surface area contributed by atoms with Gasteiger partial charge >= 0.3 is 0 Å². The molecule has 134 valence electrons. The molecule has 4 nitrogen and oxygen atoms in total. The zero-order valence-electron chi connectivity index (χ0n) is 14.7. The minimum atomic E-state index is -0.155. The fraction of sp³-hybridized carbons (Fsp3) is 0.286. The van der Waals surface area contributed by atoms with Crippen LogP contribution >= 0.6 is 0 Å². The number of halogens is 1. The van der Waals surface area contributed by atoms with E-state index < -0.39 is 0 Å². The van der Waals surface area contributed by atoms with Gasteiger partial charge in [-0.15, -0.1) is 0 Å². The predicted molar refractivity (Wildman–Crippen MR) is 97.2 cm³/mol. The molecule has 1 aliphatic rings. The first kappa shape index (κ1) is 16.8. The number of rotatable bonds is 7. The summed E-state index contributed by atoms with van der Waals surface area (Å²) in [5.74, 6) is 1.23. The summed E-state index contributed by atoms with van der Waals surface area (Å²) in [7, 11) is 1.64. The average molecular weight is 352 g/mol. The van der Waals surface area contributed by atoms with Crippen molar-refractivity contribution in [2.45, 2.75) is 32.0 Å². The summed E-state index contributed by atoms with van der Waals surface area (Å²) >= 11 is 0. The maximum absolute atomic E-state index is 14.0. The van der Waals surface area contributed by atoms with Crippen molar-refractivity contribution in [2.75, 3.05) is 7.11 Å². The van der Waals surface area contributed by atoms with E-state index in [1.807, 2.05) is 36.4 Å². The zero-order valence-corrected chi connectivity index (χ0v) is 14.7. The first-order valence-electron chi connectivity index (χ1n) is 8.79. The number of ether oxygens (including phenoxy) is 1. The summed E-state index contributed by atoms with van der Waals surface area (Å²) in [5, 5.41) is 0. The first-order chi connectivity index (χ1) is 12.7. The van der Waals surface area contributed by atoms with E-state index in [-0.39, 0.29) is 5.82 Å². The summed E-state index contributed by atoms with van der Waals surface area (Å²) in [6, 6.07) is 15.1. The lowest BCUT2D eigenvalue weighted by atomic mass is 10.2. The van der Waals surface area contributed by atoms with Crippen LogP contribution in [0.5, 0.6) is 5.75 Å². The van der Waals surface area contributed by atoms with Crippen LogP contribution in [0.15, 0.2) is 59.2 Å². The van der Waals surface area contributed by atoms with Crippen molar-refractivity contribution in [3.63, 3.8) is 0 Å². The Balaban J connectivity index is 1.48. The van der Waals surface area contributed by atoms with Crippen LogP contribution in [-0.4, -0.2) is 23.0 Å². The minimum absolute atomic E-state index is 0.155. The third-order valence-electron chi connectivity index (χ3n) is 4.65. The normalized spacial score (nSPS) is 14.0. The summed E-state index contributed by atoms with van der Waals surface area (Å²) in [4.78, 5) is 6.88. The van der Waals surface area contributed by atoms with Gasteiger partial charge in [-0.2, -0.15) is 0 Å². The summed E-state index contributed by atoms with van der Waals surface area (Å²) in [6.07, 6.45) is 3.99. The Labute approximate surface area is 152 Å². The Hall–Kier alpha value is -2.66. The van der Waals surface area contributed by atoms with Gasteiger partial charge in [0, 0.05) is 30.3 Å². The zero-order chi connectivity index (χ0) is 17.9. The molecule has 0 atom stereocenters. The van der Waals surface area contributed by atoms with Gasteiger partial charge in [0.05, 0.1) is 12.8 Å². The van der Waals surface area contributed by atoms with Crippen LogP contribution in [0, 0.1) is 5.82 Å². The summed E-state index contributed by atoms with van der Waals surface area (Å²) in [6.45, 7) is 1.24. The van der Waals surface area contributed by atoms with Crippen LogP contribution in [0.4, 0.5) is 4.39 Å². The van der Waals surface area contributed by atoms with Crippen molar-refractivity contribution in [3.05, 3.63) is 71.9 Å². The molecule has 2 aromatic carbocycles. The highest BCUT2D eigenvalue weighted by molar-refractivity contribution is 5.54. The van der Waals surface area contributed by atoms with Gasteiger partial charge in [0.1, 0.15) is 17.8 Å². The standard InChI is InChI=1S/C21H21FN2O2/c1-25-19-10-6-15(7-11-19)21-23-17(14-26-21)13-24(18-8-9-18)12-16-4-2-3-5-20(16)22/h2-7,10-11,14,18H,8-9,12-13H2,1H3. The SMILES string of the molecule is COc1ccc(-c2nc(CN(Cc3ccccc3F)C3CC3)co2)cc1. The Morgan fingerprint density at radius 3 is 2.58 bits per heavy atom. The van der Waals surface area contributed by atoms with E-state index in [4.69, 9.17) is 9.15 Å². The molecule has 0 saturated heterocycles. The minimum Gasteiger partial charge on any atom is -0.497 e. The average Bonchev–Trinajstić information content (AvgIpc) is 3.42. The van der Waals surface area contributed by atoms with Gasteiger partial charge in [-0.3, -0.25) is 4.90 Å². The van der Waals surface area contributed by atoms with E-state index in [0.717, 1.165) is 35.4 Å². The van der Waals surface area contributed by atoms with Crippen LogP contribution in [0.1, 0.15) is 24.1 Å². The fourth-order valence-corrected chi connectivity index (χ4v) is 3.05. The Morgan fingerprint density at radius 2 is 1.88 bits per heavy atom. The number of aromatic nitrogens is 1. The summed E-state index contributed by atoms with van der Waals surface area (Å²) in [5.41, 5.74) is 2.49. The van der Waals surface area contributed by atoms with Crippen LogP contribution < -0.4 is 4.74 Å². The molecule has 3 aromatic rings. The van der Waals surface area contributed by atoms with Gasteiger partial charge < -0.3 is 9.15 Å². The quantitative estimate of drug-likeness (QED) is 0.620. The second-order valence-corrected chi connectivity index (χ2v) is 6.60. The van der Waals surface area contributed by atoms with Gasteiger partial charge in [0.25, 0.3) is 0 Å². The van der Waals surface area contributed by atoms with Crippen LogP contribution in [0.2, 0.25) is 0 Å². The highest BCUT2D eigenvalue weighted by Gasteiger charge is 2.30. The molecule has 0 bridgehead atoms. The molecule has 1 aliphatic carbocycles. The number of nitrogens with zero attached hydrogens (tertiary/aromatic N) is 2. The molecule has 1 fully saturated rings. The molecule has 0 amide bonds. The predicted octanol–water partition coefficient (Wildman–Crippen LogP) is 4.65. The van der Waals surface area contributed by atoms with Crippen molar-refractivity contribution in [1.29, 1.82) is 0 Å². The molecule has 1 aromatic heterocycles. The smallest absolute Gasteiger partial charge is 0.226 e. The van der Waals surface area contributed by atoms with Gasteiger partial charge in [0.15, 0.2) is 0 Å². The molecule has 0 unspecified atom stereocenters. The van der Waals surface area contributed by atoms with E-state index in [1.54, 1.807) is 19.4 Å². The molecule has 0 N–H and O–H groups in total. The second-order valence-electron chi connectivity index (χ2n) is 6.60. The van der Waals surface area contributed by atoms with Crippen LogP contribution in [0.3, 0.4) is 0 Å². The van der Waals surface area contributed by atoms with Gasteiger partial charge in [-0.1, -0.05) is 18.2 Å². The number of benzene rings is 2. The Morgan fingerprint density at radius 1 is 1.12 bits per heavy atom. The third-order valence-corrected chi connectivity index (χ3v) is 4.65. The van der Waals surface area contributed by atoms with E-state index in [1.165, 1.54) is 6.07 Å². The molecular formula is C21H21FN2O2. The fourth-order valence-electron chi connectivity index (χ4n) is 3.05. The lowest BCUT2D eigenvalue weighted by molar-refractivity contribution is 0.239. The summed E-state index contributed by atoms with van der Waals surface area (Å²) < 4.78 is 24.8. The van der Waals surface area contributed by atoms with Crippen LogP contribution in [0.25, 0.3) is 11.5 Å². The number of hydrogen-bond acceptors (Lipinski definition) is 4. The third kappa shape index (κ3) is 3.78. The number of methoxy groups -OCH3 is 1. The lowest BCUT2D eigenvalue weighted by Crippen LogP contribution is -2.25. The Kier molecular flexibility index (Phi) is 4.71. The first-order valence-corrected chi connectivity index (χ1v) is 8.79. The van der Waals surface area contributed by atoms with Gasteiger partial charge in [-0.25, -0.2) is 9.37 Å². The highest BCUT2D eigenvalue weighted by Crippen LogP contribution is 2.31. The molecule has 1 heterocycles. The maximum Gasteiger partial charge on any atom is 0.226 e. The molecule has 4 rings (SSSR count). The topological polar surface area (TPSA) is 38.5 Å². The van der Waals surface area contributed by atoms with Crippen LogP contribution in [-0.2, 0) is 13.1 Å². The molecule has 5 heteroatoms. The van der Waals surface area contributed by atoms with Crippen molar-refractivity contribution in [2.24, 2.45) is 0 Å². The number of hydrogen-bond donors (Lipinski definition) is 0. The van der Waals surface area contributed by atoms with Crippen molar-refractivity contribution < 1.29 is 13.5 Å². The molecule has 0 spiro atoms. The lowest BCUT2D eigenvalue weighted by Gasteiger charge is -2.21.